The molecule has 2 N–H and O–H groups in total. The van der Waals surface area contributed by atoms with Gasteiger partial charge in [0.15, 0.2) is 5.96 Å². The molecule has 0 heterocycles. The second kappa shape index (κ2) is 8.95. The summed E-state index contributed by atoms with van der Waals surface area (Å²) in [5, 5.41) is 7.95. The number of guanidine groups is 1. The van der Waals surface area contributed by atoms with Gasteiger partial charge in [-0.05, 0) is 44.9 Å². The topological polar surface area (TPSA) is 36.4 Å². The van der Waals surface area contributed by atoms with Crippen LogP contribution in [0.1, 0.15) is 26.3 Å². The summed E-state index contributed by atoms with van der Waals surface area (Å²) < 4.78 is 0. The monoisotopic (exact) mass is 429 g/mol. The number of rotatable bonds is 3. The fraction of sp³-hybridized carbons (Fsp3) is 0.500. The largest absolute Gasteiger partial charge is 0.356 e. The Hall–Kier alpha value is -0.200. The third-order valence-corrected chi connectivity index (χ3v) is 3.15. The van der Waals surface area contributed by atoms with Crippen molar-refractivity contribution in [1.29, 1.82) is 0 Å². The molecule has 0 atom stereocenters. The summed E-state index contributed by atoms with van der Waals surface area (Å²) in [6, 6.07) is 5.55. The first kappa shape index (κ1) is 19.8. The standard InChI is InChI=1S/C14H21Cl2N3.HI/c1-14(2,3)19-13(17-4)18-9-8-10-11(15)6-5-7-12(10)16;/h5-7H,8-9H2,1-4H3,(H2,17,18,19);1H. The van der Waals surface area contributed by atoms with Gasteiger partial charge in [0, 0.05) is 29.2 Å². The van der Waals surface area contributed by atoms with Gasteiger partial charge in [-0.25, -0.2) is 0 Å². The van der Waals surface area contributed by atoms with E-state index in [9.17, 15) is 0 Å². The number of nitrogens with one attached hydrogen (secondary N) is 2. The highest BCUT2D eigenvalue weighted by Crippen LogP contribution is 2.24. The summed E-state index contributed by atoms with van der Waals surface area (Å²) in [4.78, 5) is 4.18. The Morgan fingerprint density at radius 1 is 1.20 bits per heavy atom. The van der Waals surface area contributed by atoms with E-state index < -0.39 is 0 Å². The average Bonchev–Trinajstić information content (AvgIpc) is 2.30. The second-order valence-electron chi connectivity index (χ2n) is 5.32. The number of nitrogens with zero attached hydrogens (tertiary/aromatic N) is 1. The molecular weight excluding hydrogens is 408 g/mol. The Morgan fingerprint density at radius 2 is 1.75 bits per heavy atom. The zero-order valence-electron chi connectivity index (χ0n) is 12.3. The summed E-state index contributed by atoms with van der Waals surface area (Å²) in [6.07, 6.45) is 0.753. The van der Waals surface area contributed by atoms with E-state index in [1.54, 1.807) is 7.05 Å². The van der Waals surface area contributed by atoms with E-state index in [2.05, 4.69) is 36.4 Å². The summed E-state index contributed by atoms with van der Waals surface area (Å²) in [5.41, 5.74) is 0.939. The molecule has 0 aliphatic carbocycles. The van der Waals surface area contributed by atoms with Crippen LogP contribution in [0, 0.1) is 0 Å². The maximum Gasteiger partial charge on any atom is 0.191 e. The lowest BCUT2D eigenvalue weighted by Crippen LogP contribution is -2.48. The highest BCUT2D eigenvalue weighted by molar-refractivity contribution is 14.0. The average molecular weight is 430 g/mol. The molecule has 0 saturated carbocycles. The van der Waals surface area contributed by atoms with Crippen molar-refractivity contribution >= 4 is 53.1 Å². The molecule has 0 amide bonds. The molecule has 0 fully saturated rings. The molecule has 0 saturated heterocycles. The Balaban J connectivity index is 0.00000361. The molecule has 1 rings (SSSR count). The molecule has 0 aromatic heterocycles. The molecule has 1 aromatic rings. The highest BCUT2D eigenvalue weighted by atomic mass is 127. The van der Waals surface area contributed by atoms with Crippen LogP contribution in [0.5, 0.6) is 0 Å². The molecule has 0 aliphatic rings. The van der Waals surface area contributed by atoms with E-state index in [4.69, 9.17) is 23.2 Å². The molecule has 0 aliphatic heterocycles. The molecule has 0 spiro atoms. The minimum absolute atomic E-state index is 0. The number of aliphatic imine (C=N–C) groups is 1. The van der Waals surface area contributed by atoms with Crippen molar-refractivity contribution in [1.82, 2.24) is 10.6 Å². The number of halogens is 3. The number of benzene rings is 1. The highest BCUT2D eigenvalue weighted by Gasteiger charge is 2.12. The first-order chi connectivity index (χ1) is 8.83. The van der Waals surface area contributed by atoms with E-state index in [1.165, 1.54) is 0 Å². The molecule has 1 aromatic carbocycles. The predicted octanol–water partition coefficient (Wildman–Crippen LogP) is 4.12. The normalized spacial score (nSPS) is 11.8. The van der Waals surface area contributed by atoms with Gasteiger partial charge in [0.2, 0.25) is 0 Å². The summed E-state index contributed by atoms with van der Waals surface area (Å²) in [5.74, 6) is 0.774. The van der Waals surface area contributed by atoms with Gasteiger partial charge < -0.3 is 10.6 Å². The predicted molar refractivity (Wildman–Crippen MR) is 99.8 cm³/mol. The number of hydrogen-bond donors (Lipinski definition) is 2. The van der Waals surface area contributed by atoms with Crippen LogP contribution < -0.4 is 10.6 Å². The first-order valence-corrected chi connectivity index (χ1v) is 7.01. The van der Waals surface area contributed by atoms with Gasteiger partial charge in [-0.1, -0.05) is 29.3 Å². The SMILES string of the molecule is CN=C(NCCc1c(Cl)cccc1Cl)NC(C)(C)C.I. The van der Waals surface area contributed by atoms with Crippen molar-refractivity contribution in [3.63, 3.8) is 0 Å². The minimum atomic E-state index is -0.0239. The molecule has 6 heteroatoms. The fourth-order valence-electron chi connectivity index (χ4n) is 1.61. The Kier molecular flexibility index (Phi) is 8.86. The van der Waals surface area contributed by atoms with Crippen LogP contribution in [-0.2, 0) is 6.42 Å². The van der Waals surface area contributed by atoms with Crippen LogP contribution >= 0.6 is 47.2 Å². The van der Waals surface area contributed by atoms with Crippen LogP contribution in [0.25, 0.3) is 0 Å². The molecule has 0 bridgehead atoms. The lowest BCUT2D eigenvalue weighted by atomic mass is 10.1. The summed E-state index contributed by atoms with van der Waals surface area (Å²) in [7, 11) is 1.75. The number of hydrogen-bond acceptors (Lipinski definition) is 1. The first-order valence-electron chi connectivity index (χ1n) is 6.25. The van der Waals surface area contributed by atoms with E-state index >= 15 is 0 Å². The van der Waals surface area contributed by atoms with Gasteiger partial charge in [0.05, 0.1) is 0 Å². The summed E-state index contributed by atoms with van der Waals surface area (Å²) >= 11 is 12.3. The molecule has 0 radical (unpaired) electrons. The van der Waals surface area contributed by atoms with Crippen molar-refractivity contribution in [3.8, 4) is 0 Å². The lowest BCUT2D eigenvalue weighted by molar-refractivity contribution is 0.501. The van der Waals surface area contributed by atoms with Gasteiger partial charge in [0.1, 0.15) is 0 Å². The van der Waals surface area contributed by atoms with Crippen LogP contribution in [0.3, 0.4) is 0 Å². The van der Waals surface area contributed by atoms with E-state index in [0.717, 1.165) is 24.5 Å². The van der Waals surface area contributed by atoms with Crippen molar-refractivity contribution in [2.45, 2.75) is 32.7 Å². The molecular formula is C14H22Cl2IN3. The zero-order valence-corrected chi connectivity index (χ0v) is 16.1. The van der Waals surface area contributed by atoms with E-state index in [1.807, 2.05) is 18.2 Å². The van der Waals surface area contributed by atoms with Gasteiger partial charge >= 0.3 is 0 Å². The van der Waals surface area contributed by atoms with Crippen molar-refractivity contribution in [2.24, 2.45) is 4.99 Å². The molecule has 3 nitrogen and oxygen atoms in total. The van der Waals surface area contributed by atoms with Gasteiger partial charge in [-0.2, -0.15) is 0 Å². The zero-order chi connectivity index (χ0) is 14.5. The van der Waals surface area contributed by atoms with Crippen molar-refractivity contribution in [2.75, 3.05) is 13.6 Å². The summed E-state index contributed by atoms with van der Waals surface area (Å²) in [6.45, 7) is 6.99. The van der Waals surface area contributed by atoms with Crippen LogP contribution in [0.15, 0.2) is 23.2 Å². The fourth-order valence-corrected chi connectivity index (χ4v) is 2.20. The maximum atomic E-state index is 6.13. The third kappa shape index (κ3) is 6.99. The lowest BCUT2D eigenvalue weighted by Gasteiger charge is -2.23. The maximum absolute atomic E-state index is 6.13. The van der Waals surface area contributed by atoms with Crippen LogP contribution in [0.4, 0.5) is 0 Å². The quantitative estimate of drug-likeness (QED) is 0.430. The minimum Gasteiger partial charge on any atom is -0.356 e. The van der Waals surface area contributed by atoms with Crippen molar-refractivity contribution < 1.29 is 0 Å². The Bertz CT molecular complexity index is 436. The van der Waals surface area contributed by atoms with Crippen LogP contribution in [-0.4, -0.2) is 25.1 Å². The molecule has 20 heavy (non-hydrogen) atoms. The van der Waals surface area contributed by atoms with Gasteiger partial charge in [-0.3, -0.25) is 4.99 Å². The van der Waals surface area contributed by atoms with E-state index in [0.29, 0.717) is 10.0 Å². The van der Waals surface area contributed by atoms with Crippen LogP contribution in [0.2, 0.25) is 10.0 Å². The van der Waals surface area contributed by atoms with Gasteiger partial charge in [-0.15, -0.1) is 24.0 Å². The third-order valence-electron chi connectivity index (χ3n) is 2.45. The molecule has 114 valence electrons. The molecule has 0 unspecified atom stereocenters. The Morgan fingerprint density at radius 3 is 2.20 bits per heavy atom. The van der Waals surface area contributed by atoms with Gasteiger partial charge in [0.25, 0.3) is 0 Å². The Labute approximate surface area is 148 Å². The van der Waals surface area contributed by atoms with Crippen molar-refractivity contribution in [3.05, 3.63) is 33.8 Å². The smallest absolute Gasteiger partial charge is 0.191 e. The van der Waals surface area contributed by atoms with E-state index in [-0.39, 0.29) is 29.5 Å². The second-order valence-corrected chi connectivity index (χ2v) is 6.14.